The summed E-state index contributed by atoms with van der Waals surface area (Å²) in [6.45, 7) is 0.607. The van der Waals surface area contributed by atoms with Gasteiger partial charge < -0.3 is 10.4 Å². The van der Waals surface area contributed by atoms with E-state index in [1.165, 1.54) is 0 Å². The first-order valence-electron chi connectivity index (χ1n) is 4.02. The Morgan fingerprint density at radius 2 is 2.23 bits per heavy atom. The first-order chi connectivity index (χ1) is 6.31. The molecule has 0 radical (unpaired) electrons. The molecule has 1 aromatic carbocycles. The zero-order valence-corrected chi connectivity index (χ0v) is 7.45. The Labute approximate surface area is 76.6 Å². The highest BCUT2D eigenvalue weighted by Crippen LogP contribution is 2.18. The number of nitrogens with one attached hydrogen (secondary N) is 1. The molecular formula is C9H12N2O2. The molecule has 2 N–H and O–H groups in total. The molecule has 0 bridgehead atoms. The maximum Gasteiger partial charge on any atom is 0.108 e. The van der Waals surface area contributed by atoms with E-state index in [9.17, 15) is 4.91 Å². The SMILES string of the molecule is CNCc1cc(N=O)ccc1CO. The van der Waals surface area contributed by atoms with Crippen LogP contribution in [-0.4, -0.2) is 12.2 Å². The number of aliphatic hydroxyl groups excluding tert-OH is 1. The molecule has 0 atom stereocenters. The largest absolute Gasteiger partial charge is 0.392 e. The molecule has 70 valence electrons. The molecular weight excluding hydrogens is 168 g/mol. The Balaban J connectivity index is 3.02. The van der Waals surface area contributed by atoms with Gasteiger partial charge in [0.25, 0.3) is 0 Å². The molecule has 0 amide bonds. The fourth-order valence-electron chi connectivity index (χ4n) is 1.18. The lowest BCUT2D eigenvalue weighted by atomic mass is 10.1. The van der Waals surface area contributed by atoms with Gasteiger partial charge in [-0.3, -0.25) is 0 Å². The second-order valence-electron chi connectivity index (χ2n) is 2.73. The van der Waals surface area contributed by atoms with Gasteiger partial charge in [-0.1, -0.05) is 6.07 Å². The molecule has 0 spiro atoms. The van der Waals surface area contributed by atoms with Crippen LogP contribution in [0.15, 0.2) is 23.4 Å². The van der Waals surface area contributed by atoms with Crippen LogP contribution in [0, 0.1) is 4.91 Å². The van der Waals surface area contributed by atoms with Crippen LogP contribution in [0.4, 0.5) is 5.69 Å². The molecule has 0 aliphatic carbocycles. The van der Waals surface area contributed by atoms with Gasteiger partial charge in [0.15, 0.2) is 0 Å². The van der Waals surface area contributed by atoms with Crippen LogP contribution in [0.25, 0.3) is 0 Å². The van der Waals surface area contributed by atoms with E-state index in [0.717, 1.165) is 11.1 Å². The quantitative estimate of drug-likeness (QED) is 0.686. The van der Waals surface area contributed by atoms with Crippen LogP contribution in [0.1, 0.15) is 11.1 Å². The fourth-order valence-corrected chi connectivity index (χ4v) is 1.18. The Morgan fingerprint density at radius 3 is 2.77 bits per heavy atom. The van der Waals surface area contributed by atoms with Crippen molar-refractivity contribution in [3.8, 4) is 0 Å². The second-order valence-corrected chi connectivity index (χ2v) is 2.73. The van der Waals surface area contributed by atoms with Crippen molar-refractivity contribution in [2.24, 2.45) is 5.18 Å². The minimum absolute atomic E-state index is 0.0177. The minimum Gasteiger partial charge on any atom is -0.392 e. The van der Waals surface area contributed by atoms with Gasteiger partial charge in [-0.2, -0.15) is 0 Å². The molecule has 4 nitrogen and oxygen atoms in total. The van der Waals surface area contributed by atoms with E-state index >= 15 is 0 Å². The third kappa shape index (κ3) is 2.34. The van der Waals surface area contributed by atoms with Crippen molar-refractivity contribution in [1.82, 2.24) is 5.32 Å². The molecule has 0 unspecified atom stereocenters. The Bertz CT molecular complexity index is 300. The van der Waals surface area contributed by atoms with Crippen LogP contribution in [0.2, 0.25) is 0 Å². The molecule has 0 saturated carbocycles. The van der Waals surface area contributed by atoms with Crippen molar-refractivity contribution < 1.29 is 5.11 Å². The van der Waals surface area contributed by atoms with Crippen LogP contribution >= 0.6 is 0 Å². The highest BCUT2D eigenvalue weighted by molar-refractivity contribution is 5.43. The smallest absolute Gasteiger partial charge is 0.108 e. The zero-order valence-electron chi connectivity index (χ0n) is 7.45. The summed E-state index contributed by atoms with van der Waals surface area (Å²) in [5.41, 5.74) is 2.12. The van der Waals surface area contributed by atoms with Crippen LogP contribution in [-0.2, 0) is 13.2 Å². The van der Waals surface area contributed by atoms with Crippen molar-refractivity contribution in [2.75, 3.05) is 7.05 Å². The first kappa shape index (κ1) is 9.83. The van der Waals surface area contributed by atoms with E-state index in [1.807, 2.05) is 7.05 Å². The van der Waals surface area contributed by atoms with E-state index in [-0.39, 0.29) is 6.61 Å². The first-order valence-corrected chi connectivity index (χ1v) is 4.02. The Hall–Kier alpha value is -1.26. The maximum atomic E-state index is 10.2. The number of aliphatic hydroxyl groups is 1. The zero-order chi connectivity index (χ0) is 9.68. The summed E-state index contributed by atoms with van der Waals surface area (Å²) >= 11 is 0. The van der Waals surface area contributed by atoms with Crippen LogP contribution < -0.4 is 5.32 Å². The topological polar surface area (TPSA) is 61.7 Å². The molecule has 4 heteroatoms. The van der Waals surface area contributed by atoms with Gasteiger partial charge in [0.2, 0.25) is 0 Å². The summed E-state index contributed by atoms with van der Waals surface area (Å²) in [6, 6.07) is 4.98. The lowest BCUT2D eigenvalue weighted by Gasteiger charge is -2.06. The highest BCUT2D eigenvalue weighted by Gasteiger charge is 2.02. The van der Waals surface area contributed by atoms with Crippen LogP contribution in [0.3, 0.4) is 0 Å². The van der Waals surface area contributed by atoms with Gasteiger partial charge in [-0.15, -0.1) is 4.91 Å². The second kappa shape index (κ2) is 4.69. The van der Waals surface area contributed by atoms with Gasteiger partial charge in [-0.25, -0.2) is 0 Å². The van der Waals surface area contributed by atoms with Crippen LogP contribution in [0.5, 0.6) is 0 Å². The minimum atomic E-state index is -0.0177. The molecule has 0 saturated heterocycles. The number of hydrogen-bond acceptors (Lipinski definition) is 4. The summed E-state index contributed by atoms with van der Waals surface area (Å²) in [7, 11) is 1.81. The van der Waals surface area contributed by atoms with Gasteiger partial charge in [0.05, 0.1) is 6.61 Å². The molecule has 0 aliphatic heterocycles. The predicted molar refractivity (Wildman–Crippen MR) is 50.6 cm³/mol. The average molecular weight is 180 g/mol. The van der Waals surface area contributed by atoms with E-state index in [1.54, 1.807) is 18.2 Å². The summed E-state index contributed by atoms with van der Waals surface area (Å²) < 4.78 is 0. The van der Waals surface area contributed by atoms with Gasteiger partial charge >= 0.3 is 0 Å². The summed E-state index contributed by atoms with van der Waals surface area (Å²) in [6.07, 6.45) is 0. The highest BCUT2D eigenvalue weighted by atomic mass is 16.3. The molecule has 0 aromatic heterocycles. The van der Waals surface area contributed by atoms with Crippen molar-refractivity contribution in [3.63, 3.8) is 0 Å². The van der Waals surface area contributed by atoms with E-state index < -0.39 is 0 Å². The van der Waals surface area contributed by atoms with E-state index in [4.69, 9.17) is 5.11 Å². The molecule has 1 rings (SSSR count). The lowest BCUT2D eigenvalue weighted by molar-refractivity contribution is 0.280. The third-order valence-electron chi connectivity index (χ3n) is 1.83. The number of nitroso groups, excluding NO2 is 1. The number of benzene rings is 1. The van der Waals surface area contributed by atoms with E-state index in [2.05, 4.69) is 10.5 Å². The van der Waals surface area contributed by atoms with E-state index in [0.29, 0.717) is 12.2 Å². The average Bonchev–Trinajstić information content (AvgIpc) is 2.18. The number of nitrogens with zero attached hydrogens (tertiary/aromatic N) is 1. The molecule has 1 aromatic rings. The normalized spacial score (nSPS) is 10.0. The van der Waals surface area contributed by atoms with Gasteiger partial charge in [0, 0.05) is 6.54 Å². The standard InChI is InChI=1S/C9H12N2O2/c1-10-5-8-4-9(11-13)3-2-7(8)6-12/h2-4,10,12H,5-6H2,1H3. The Kier molecular flexibility index (Phi) is 3.54. The summed E-state index contributed by atoms with van der Waals surface area (Å²) in [4.78, 5) is 10.2. The van der Waals surface area contributed by atoms with Gasteiger partial charge in [0.1, 0.15) is 5.69 Å². The van der Waals surface area contributed by atoms with Crippen molar-refractivity contribution in [2.45, 2.75) is 13.2 Å². The predicted octanol–water partition coefficient (Wildman–Crippen LogP) is 1.30. The third-order valence-corrected chi connectivity index (χ3v) is 1.83. The number of hydrogen-bond donors (Lipinski definition) is 2. The fraction of sp³-hybridized carbons (Fsp3) is 0.333. The molecule has 13 heavy (non-hydrogen) atoms. The monoisotopic (exact) mass is 180 g/mol. The maximum absolute atomic E-state index is 10.2. The molecule has 0 aliphatic rings. The van der Waals surface area contributed by atoms with Crippen molar-refractivity contribution in [3.05, 3.63) is 34.2 Å². The van der Waals surface area contributed by atoms with Crippen molar-refractivity contribution >= 4 is 5.69 Å². The lowest BCUT2D eigenvalue weighted by Crippen LogP contribution is -2.07. The molecule has 0 fully saturated rings. The Morgan fingerprint density at radius 1 is 1.46 bits per heavy atom. The summed E-state index contributed by atoms with van der Waals surface area (Å²) in [5, 5.41) is 14.8. The molecule has 0 heterocycles. The van der Waals surface area contributed by atoms with Crippen molar-refractivity contribution in [1.29, 1.82) is 0 Å². The van der Waals surface area contributed by atoms with Gasteiger partial charge in [-0.05, 0) is 35.5 Å². The summed E-state index contributed by atoms with van der Waals surface area (Å²) in [5.74, 6) is 0. The number of rotatable bonds is 4.